The molecule has 26 heavy (non-hydrogen) atoms. The summed E-state index contributed by atoms with van der Waals surface area (Å²) in [5, 5.41) is 7.00. The summed E-state index contributed by atoms with van der Waals surface area (Å²) in [6, 6.07) is 7.72. The van der Waals surface area contributed by atoms with Crippen molar-refractivity contribution in [3.63, 3.8) is 0 Å². The number of aromatic nitrogens is 1. The van der Waals surface area contributed by atoms with E-state index in [1.807, 2.05) is 29.6 Å². The molecule has 1 aromatic carbocycles. The average Bonchev–Trinajstić information content (AvgIpc) is 3.01. The molecule has 0 radical (unpaired) electrons. The van der Waals surface area contributed by atoms with Crippen molar-refractivity contribution in [2.45, 2.75) is 50.5 Å². The van der Waals surface area contributed by atoms with Gasteiger partial charge in [0.1, 0.15) is 5.01 Å². The molecule has 5 heteroatoms. The van der Waals surface area contributed by atoms with Gasteiger partial charge < -0.3 is 5.32 Å². The zero-order valence-electron chi connectivity index (χ0n) is 14.7. The number of amides is 1. The number of hydrogen-bond acceptors (Lipinski definition) is 3. The van der Waals surface area contributed by atoms with Crippen LogP contribution in [0.1, 0.15) is 44.2 Å². The molecule has 1 heterocycles. The zero-order valence-corrected chi connectivity index (χ0v) is 16.3. The number of carbonyl (C=O) groups is 1. The van der Waals surface area contributed by atoms with Crippen molar-refractivity contribution in [2.75, 3.05) is 0 Å². The van der Waals surface area contributed by atoms with Crippen molar-refractivity contribution in [3.8, 4) is 10.6 Å². The highest BCUT2D eigenvalue weighted by atomic mass is 35.5. The molecule has 1 N–H and O–H groups in total. The van der Waals surface area contributed by atoms with E-state index >= 15 is 0 Å². The van der Waals surface area contributed by atoms with E-state index < -0.39 is 0 Å². The summed E-state index contributed by atoms with van der Waals surface area (Å²) in [4.78, 5) is 17.4. The average molecular weight is 387 g/mol. The van der Waals surface area contributed by atoms with Crippen LogP contribution in [0, 0.1) is 17.8 Å². The van der Waals surface area contributed by atoms with Crippen molar-refractivity contribution in [1.29, 1.82) is 0 Å². The predicted molar refractivity (Wildman–Crippen MR) is 105 cm³/mol. The fourth-order valence-electron chi connectivity index (χ4n) is 5.91. The van der Waals surface area contributed by atoms with Gasteiger partial charge in [-0.25, -0.2) is 4.98 Å². The highest BCUT2D eigenvalue weighted by molar-refractivity contribution is 7.13. The first-order chi connectivity index (χ1) is 12.6. The van der Waals surface area contributed by atoms with E-state index in [9.17, 15) is 4.79 Å². The number of nitrogens with one attached hydrogen (secondary N) is 1. The van der Waals surface area contributed by atoms with Gasteiger partial charge in [-0.3, -0.25) is 4.79 Å². The lowest BCUT2D eigenvalue weighted by atomic mass is 9.53. The molecule has 0 atom stereocenters. The van der Waals surface area contributed by atoms with Crippen molar-refractivity contribution < 1.29 is 4.79 Å². The van der Waals surface area contributed by atoms with Crippen LogP contribution in [0.2, 0.25) is 5.02 Å². The Morgan fingerprint density at radius 3 is 2.46 bits per heavy atom. The van der Waals surface area contributed by atoms with Crippen LogP contribution in [0.4, 0.5) is 0 Å². The summed E-state index contributed by atoms with van der Waals surface area (Å²) in [5.74, 6) is 2.65. The van der Waals surface area contributed by atoms with Gasteiger partial charge in [0.15, 0.2) is 0 Å². The highest BCUT2D eigenvalue weighted by Gasteiger charge is 2.51. The maximum atomic E-state index is 12.7. The first kappa shape index (κ1) is 16.8. The standard InChI is InChI=1S/C21H23ClN2OS/c22-18-4-2-1-3-17(18)20-23-16(12-26-20)8-19(25)24-21-9-13-5-14(10-21)7-15(6-13)11-21/h1-4,12-15H,5-11H2,(H,24,25). The smallest absolute Gasteiger partial charge is 0.226 e. The lowest BCUT2D eigenvalue weighted by Gasteiger charge is -2.56. The second-order valence-corrected chi connectivity index (χ2v) is 9.81. The summed E-state index contributed by atoms with van der Waals surface area (Å²) >= 11 is 7.82. The van der Waals surface area contributed by atoms with Gasteiger partial charge in [-0.05, 0) is 62.3 Å². The van der Waals surface area contributed by atoms with E-state index in [0.717, 1.165) is 34.0 Å². The minimum Gasteiger partial charge on any atom is -0.350 e. The number of nitrogens with zero attached hydrogens (tertiary/aromatic N) is 1. The van der Waals surface area contributed by atoms with E-state index in [0.29, 0.717) is 11.4 Å². The SMILES string of the molecule is O=C(Cc1csc(-c2ccccc2Cl)n1)NC12CC3CC(CC(C3)C1)C2. The molecule has 3 nitrogen and oxygen atoms in total. The summed E-state index contributed by atoms with van der Waals surface area (Å²) in [5.41, 5.74) is 1.85. The van der Waals surface area contributed by atoms with Crippen LogP contribution < -0.4 is 5.32 Å². The van der Waals surface area contributed by atoms with Crippen molar-refractivity contribution >= 4 is 28.8 Å². The van der Waals surface area contributed by atoms with Crippen LogP contribution >= 0.6 is 22.9 Å². The van der Waals surface area contributed by atoms with Crippen LogP contribution in [0.5, 0.6) is 0 Å². The molecule has 0 spiro atoms. The molecule has 4 bridgehead atoms. The van der Waals surface area contributed by atoms with Gasteiger partial charge in [0.05, 0.1) is 17.1 Å². The quantitative estimate of drug-likeness (QED) is 0.795. The Morgan fingerprint density at radius 1 is 1.15 bits per heavy atom. The van der Waals surface area contributed by atoms with E-state index in [1.54, 1.807) is 11.3 Å². The Hall–Kier alpha value is -1.39. The second-order valence-electron chi connectivity index (χ2n) is 8.55. The molecule has 6 rings (SSSR count). The Bertz CT molecular complexity index is 811. The molecule has 4 aliphatic rings. The lowest BCUT2D eigenvalue weighted by molar-refractivity contribution is -0.126. The summed E-state index contributed by atoms with van der Waals surface area (Å²) in [6.45, 7) is 0. The molecular weight excluding hydrogens is 364 g/mol. The number of benzene rings is 1. The Labute approximate surface area is 163 Å². The largest absolute Gasteiger partial charge is 0.350 e. The van der Waals surface area contributed by atoms with Gasteiger partial charge in [-0.2, -0.15) is 0 Å². The lowest BCUT2D eigenvalue weighted by Crippen LogP contribution is -2.60. The van der Waals surface area contributed by atoms with E-state index in [4.69, 9.17) is 11.6 Å². The van der Waals surface area contributed by atoms with Gasteiger partial charge in [-0.1, -0.05) is 29.8 Å². The molecule has 0 saturated heterocycles. The van der Waals surface area contributed by atoms with Gasteiger partial charge in [0.25, 0.3) is 0 Å². The Balaban J connectivity index is 1.27. The van der Waals surface area contributed by atoms with Crippen molar-refractivity contribution in [2.24, 2.45) is 17.8 Å². The Morgan fingerprint density at radius 2 is 1.81 bits per heavy atom. The van der Waals surface area contributed by atoms with Gasteiger partial charge in [-0.15, -0.1) is 11.3 Å². The van der Waals surface area contributed by atoms with Crippen LogP contribution in [-0.4, -0.2) is 16.4 Å². The van der Waals surface area contributed by atoms with E-state index in [-0.39, 0.29) is 11.4 Å². The number of thiazole rings is 1. The zero-order chi connectivity index (χ0) is 17.7. The number of carbonyl (C=O) groups excluding carboxylic acids is 1. The highest BCUT2D eigenvalue weighted by Crippen LogP contribution is 2.55. The minimum atomic E-state index is 0.0768. The molecule has 4 aliphatic carbocycles. The third-order valence-corrected chi connectivity index (χ3v) is 7.69. The monoisotopic (exact) mass is 386 g/mol. The van der Waals surface area contributed by atoms with Gasteiger partial charge >= 0.3 is 0 Å². The van der Waals surface area contributed by atoms with Gasteiger partial charge in [0, 0.05) is 16.5 Å². The van der Waals surface area contributed by atoms with Crippen molar-refractivity contribution in [3.05, 3.63) is 40.4 Å². The topological polar surface area (TPSA) is 42.0 Å². The van der Waals surface area contributed by atoms with E-state index in [2.05, 4.69) is 10.3 Å². The molecule has 4 fully saturated rings. The molecule has 2 aromatic rings. The van der Waals surface area contributed by atoms with Gasteiger partial charge in [0.2, 0.25) is 5.91 Å². The number of rotatable bonds is 4. The number of hydrogen-bond donors (Lipinski definition) is 1. The summed E-state index contributed by atoms with van der Waals surface area (Å²) in [6.07, 6.45) is 8.10. The van der Waals surface area contributed by atoms with Crippen LogP contribution in [-0.2, 0) is 11.2 Å². The molecular formula is C21H23ClN2OS. The normalized spacial score (nSPS) is 32.0. The molecule has 0 unspecified atom stereocenters. The molecule has 4 saturated carbocycles. The fraction of sp³-hybridized carbons (Fsp3) is 0.524. The maximum Gasteiger partial charge on any atom is 0.226 e. The molecule has 136 valence electrons. The molecule has 1 aromatic heterocycles. The van der Waals surface area contributed by atoms with Crippen LogP contribution in [0.25, 0.3) is 10.6 Å². The fourth-order valence-corrected chi connectivity index (χ4v) is 7.05. The van der Waals surface area contributed by atoms with E-state index in [1.165, 1.54) is 38.5 Å². The minimum absolute atomic E-state index is 0.0768. The van der Waals surface area contributed by atoms with Crippen molar-refractivity contribution in [1.82, 2.24) is 10.3 Å². The second kappa shape index (κ2) is 6.35. The maximum absolute atomic E-state index is 12.7. The first-order valence-electron chi connectivity index (χ1n) is 9.59. The number of halogens is 1. The third kappa shape index (κ3) is 3.07. The summed E-state index contributed by atoms with van der Waals surface area (Å²) in [7, 11) is 0. The Kier molecular flexibility index (Phi) is 4.09. The molecule has 1 amide bonds. The van der Waals surface area contributed by atoms with Crippen LogP contribution in [0.15, 0.2) is 29.6 Å². The summed E-state index contributed by atoms with van der Waals surface area (Å²) < 4.78 is 0. The first-order valence-corrected chi connectivity index (χ1v) is 10.8. The molecule has 0 aliphatic heterocycles. The third-order valence-electron chi connectivity index (χ3n) is 6.44. The van der Waals surface area contributed by atoms with Crippen LogP contribution in [0.3, 0.4) is 0 Å². The predicted octanol–water partition coefficient (Wildman–Crippen LogP) is 5.09.